The molecule has 0 aromatic carbocycles. The van der Waals surface area contributed by atoms with Gasteiger partial charge in [-0.05, 0) is 6.92 Å². The summed E-state index contributed by atoms with van der Waals surface area (Å²) in [6.07, 6.45) is -15.9. The molecule has 0 aromatic heterocycles. The van der Waals surface area contributed by atoms with E-state index < -0.39 is 94.4 Å². The van der Waals surface area contributed by atoms with Crippen LogP contribution in [0.3, 0.4) is 0 Å². The number of carbonyl (C=O) groups is 1. The lowest BCUT2D eigenvalue weighted by atomic mass is 9.94. The minimum absolute atomic E-state index is 0.786. The lowest BCUT2D eigenvalue weighted by Crippen LogP contribution is -2.68. The van der Waals surface area contributed by atoms with Gasteiger partial charge in [0.25, 0.3) is 0 Å². The van der Waals surface area contributed by atoms with Crippen molar-refractivity contribution >= 4 is 26.7 Å². The van der Waals surface area contributed by atoms with Crippen molar-refractivity contribution in [2.45, 2.75) is 68.1 Å². The molecule has 0 saturated carbocycles. The van der Waals surface area contributed by atoms with Crippen molar-refractivity contribution < 1.29 is 74.3 Å². The highest BCUT2D eigenvalue weighted by Gasteiger charge is 2.54. The van der Waals surface area contributed by atoms with E-state index in [-0.39, 0.29) is 0 Å². The number of carboxylic acids is 1. The zero-order chi connectivity index (χ0) is 25.3. The number of carboxylic acid groups (broad SMARTS) is 1. The van der Waals surface area contributed by atoms with Gasteiger partial charge in [-0.25, -0.2) is 8.98 Å². The molecule has 0 amide bonds. The fourth-order valence-electron chi connectivity index (χ4n) is 3.58. The largest absolute Gasteiger partial charge is 0.479 e. The van der Waals surface area contributed by atoms with E-state index in [1.165, 1.54) is 0 Å². The van der Waals surface area contributed by atoms with Crippen LogP contribution in [0.15, 0.2) is 0 Å². The van der Waals surface area contributed by atoms with E-state index in [1.54, 1.807) is 4.72 Å². The van der Waals surface area contributed by atoms with Gasteiger partial charge in [-0.1, -0.05) is 0 Å². The second kappa shape index (κ2) is 10.7. The summed E-state index contributed by atoms with van der Waals surface area (Å²) in [7, 11) is -9.05. The highest BCUT2D eigenvalue weighted by Crippen LogP contribution is 2.31. The normalized spacial score (nSPS) is 40.5. The Kier molecular flexibility index (Phi) is 9.12. The van der Waals surface area contributed by atoms with Crippen molar-refractivity contribution in [3.8, 4) is 0 Å². The summed E-state index contributed by atoms with van der Waals surface area (Å²) >= 11 is 0. The van der Waals surface area contributed by atoms with Crippen molar-refractivity contribution in [1.82, 2.24) is 4.72 Å². The molecule has 4 unspecified atom stereocenters. The van der Waals surface area contributed by atoms with Gasteiger partial charge in [0.15, 0.2) is 12.4 Å². The molecule has 0 aromatic rings. The SMILES string of the molecule is CO[C@H]1C(CO)O[C@@H](O[C@H]2C(C(=O)O)O[C@@H](C)C(OS(=O)(=O)O)[C@H]2O)C(NS(=O)(=O)O)[C@H]1O. The molecule has 33 heavy (non-hydrogen) atoms. The fraction of sp³-hybridized carbons (Fsp3) is 0.929. The Bertz CT molecular complexity index is 895. The summed E-state index contributed by atoms with van der Waals surface area (Å²) < 4.78 is 89.8. The number of rotatable bonds is 9. The monoisotopic (exact) mass is 527 g/mol. The van der Waals surface area contributed by atoms with Gasteiger partial charge in [0.05, 0.1) is 12.7 Å². The van der Waals surface area contributed by atoms with Crippen molar-refractivity contribution in [3.63, 3.8) is 0 Å². The number of aliphatic hydroxyl groups excluding tert-OH is 3. The minimum atomic E-state index is -5.14. The van der Waals surface area contributed by atoms with Gasteiger partial charge in [0.1, 0.15) is 42.7 Å². The molecule has 0 aliphatic carbocycles. The highest BCUT2D eigenvalue weighted by atomic mass is 32.3. The lowest BCUT2D eigenvalue weighted by molar-refractivity contribution is -0.317. The van der Waals surface area contributed by atoms with Gasteiger partial charge < -0.3 is 39.4 Å². The van der Waals surface area contributed by atoms with E-state index >= 15 is 0 Å². The molecule has 2 saturated heterocycles. The molecular weight excluding hydrogens is 502 g/mol. The maximum absolute atomic E-state index is 11.7. The smallest absolute Gasteiger partial charge is 0.397 e. The molecule has 10 atom stereocenters. The molecule has 2 heterocycles. The summed E-state index contributed by atoms with van der Waals surface area (Å²) in [6, 6.07) is -1.87. The molecular formula is C14H25NO16S2. The molecule has 194 valence electrons. The van der Waals surface area contributed by atoms with Gasteiger partial charge in [-0.3, -0.25) is 9.11 Å². The zero-order valence-corrected chi connectivity index (χ0v) is 18.7. The van der Waals surface area contributed by atoms with Gasteiger partial charge in [0.2, 0.25) is 0 Å². The minimum Gasteiger partial charge on any atom is -0.479 e. The highest BCUT2D eigenvalue weighted by molar-refractivity contribution is 7.83. The van der Waals surface area contributed by atoms with Crippen molar-refractivity contribution in [1.29, 1.82) is 0 Å². The number of methoxy groups -OCH3 is 1. The number of aliphatic carboxylic acids is 1. The lowest BCUT2D eigenvalue weighted by Gasteiger charge is -2.47. The molecule has 17 nitrogen and oxygen atoms in total. The number of hydrogen-bond acceptors (Lipinski definition) is 13. The molecule has 7 N–H and O–H groups in total. The van der Waals surface area contributed by atoms with Crippen LogP contribution in [0.4, 0.5) is 0 Å². The van der Waals surface area contributed by atoms with E-state index in [1.807, 2.05) is 0 Å². The Balaban J connectivity index is 2.42. The second-order valence-electron chi connectivity index (χ2n) is 7.22. The zero-order valence-electron chi connectivity index (χ0n) is 17.1. The molecule has 2 aliphatic rings. The van der Waals surface area contributed by atoms with Gasteiger partial charge >= 0.3 is 26.7 Å². The first-order valence-electron chi connectivity index (χ1n) is 9.19. The van der Waals surface area contributed by atoms with Crippen LogP contribution in [0, 0.1) is 0 Å². The predicted octanol–water partition coefficient (Wildman–Crippen LogP) is -4.35. The predicted molar refractivity (Wildman–Crippen MR) is 100 cm³/mol. The summed E-state index contributed by atoms with van der Waals surface area (Å²) in [5.74, 6) is -1.69. The summed E-state index contributed by atoms with van der Waals surface area (Å²) in [5.41, 5.74) is 0. The molecule has 2 fully saturated rings. The van der Waals surface area contributed by atoms with Crippen LogP contribution in [-0.4, -0.2) is 127 Å². The summed E-state index contributed by atoms with van der Waals surface area (Å²) in [4.78, 5) is 11.7. The average molecular weight is 527 g/mol. The average Bonchev–Trinajstić information content (AvgIpc) is 2.67. The maximum Gasteiger partial charge on any atom is 0.397 e. The number of aliphatic hydroxyl groups is 3. The first kappa shape index (κ1) is 28.2. The first-order valence-corrected chi connectivity index (χ1v) is 12.0. The number of nitrogens with one attached hydrogen (secondary N) is 1. The molecule has 2 rings (SSSR count). The van der Waals surface area contributed by atoms with E-state index in [0.717, 1.165) is 14.0 Å². The fourth-order valence-corrected chi connectivity index (χ4v) is 4.73. The topological polar surface area (TPSA) is 265 Å². The number of ether oxygens (including phenoxy) is 4. The third kappa shape index (κ3) is 6.97. The van der Waals surface area contributed by atoms with Crippen LogP contribution in [0.2, 0.25) is 0 Å². The van der Waals surface area contributed by atoms with E-state index in [0.29, 0.717) is 0 Å². The summed E-state index contributed by atoms with van der Waals surface area (Å²) in [6.45, 7) is 0.353. The Hall–Kier alpha value is -1.07. The molecule has 19 heteroatoms. The quantitative estimate of drug-likeness (QED) is 0.140. The van der Waals surface area contributed by atoms with Crippen LogP contribution < -0.4 is 4.72 Å². The molecule has 0 spiro atoms. The second-order valence-corrected chi connectivity index (χ2v) is 9.45. The Morgan fingerprint density at radius 1 is 1.03 bits per heavy atom. The number of hydrogen-bond donors (Lipinski definition) is 7. The van der Waals surface area contributed by atoms with Gasteiger partial charge in [-0.15, -0.1) is 0 Å². The van der Waals surface area contributed by atoms with Gasteiger partial charge in [0, 0.05) is 7.11 Å². The Labute approximate surface area is 188 Å². The van der Waals surface area contributed by atoms with Crippen LogP contribution in [0.1, 0.15) is 6.92 Å². The molecule has 2 aliphatic heterocycles. The van der Waals surface area contributed by atoms with E-state index in [9.17, 15) is 42.1 Å². The van der Waals surface area contributed by atoms with Crippen LogP contribution in [0.25, 0.3) is 0 Å². The third-order valence-electron chi connectivity index (χ3n) is 4.97. The standard InChI is InChI=1S/C14H25NO16S2/c1-4-9(31-33(24,25)26)8(18)11(12(28-4)13(19)20)30-14-6(15-32(21,22)23)7(17)10(27-2)5(3-16)29-14/h4-12,14-18H,3H2,1-2H3,(H,19,20)(H,21,22,23)(H,24,25,26)/t4-,5?,6?,7+,8+,9?,10-,11+,12?,14-/m0/s1. The maximum atomic E-state index is 11.7. The van der Waals surface area contributed by atoms with Crippen molar-refractivity contribution in [2.75, 3.05) is 13.7 Å². The van der Waals surface area contributed by atoms with Crippen LogP contribution in [-0.2, 0) is 48.6 Å². The van der Waals surface area contributed by atoms with E-state index in [4.69, 9.17) is 28.1 Å². The third-order valence-corrected chi connectivity index (χ3v) is 6.01. The van der Waals surface area contributed by atoms with Gasteiger partial charge in [-0.2, -0.15) is 21.6 Å². The van der Waals surface area contributed by atoms with E-state index in [2.05, 4.69) is 4.18 Å². The Morgan fingerprint density at radius 2 is 1.64 bits per heavy atom. The molecule has 0 bridgehead atoms. The van der Waals surface area contributed by atoms with Crippen molar-refractivity contribution in [2.24, 2.45) is 0 Å². The first-order chi connectivity index (χ1) is 15.1. The van der Waals surface area contributed by atoms with Crippen LogP contribution in [0.5, 0.6) is 0 Å². The summed E-state index contributed by atoms with van der Waals surface area (Å²) in [5, 5.41) is 40.0. The van der Waals surface area contributed by atoms with Crippen LogP contribution >= 0.6 is 0 Å². The Morgan fingerprint density at radius 3 is 2.09 bits per heavy atom. The molecule has 0 radical (unpaired) electrons. The van der Waals surface area contributed by atoms with Crippen molar-refractivity contribution in [3.05, 3.63) is 0 Å².